The molecule has 0 saturated carbocycles. The average molecular weight is 396 g/mol. The number of hydrogen-bond donors (Lipinski definition) is 2. The third-order valence-corrected chi connectivity index (χ3v) is 5.19. The molecule has 28 heavy (non-hydrogen) atoms. The van der Waals surface area contributed by atoms with E-state index in [0.717, 1.165) is 29.7 Å². The summed E-state index contributed by atoms with van der Waals surface area (Å²) in [5.74, 6) is 1.28. The predicted octanol–water partition coefficient (Wildman–Crippen LogP) is 4.17. The molecule has 0 saturated heterocycles. The smallest absolute Gasteiger partial charge is 0.264 e. The Labute approximate surface area is 166 Å². The molecule has 0 unspecified atom stereocenters. The number of nitrogens with one attached hydrogen (secondary N) is 1. The number of benzene rings is 2. The molecule has 7 heteroatoms. The van der Waals surface area contributed by atoms with E-state index in [1.54, 1.807) is 11.4 Å². The van der Waals surface area contributed by atoms with Crippen LogP contribution >= 0.6 is 11.3 Å². The number of carbonyl (C=O) groups is 1. The summed E-state index contributed by atoms with van der Waals surface area (Å²) in [6.45, 7) is 2.53. The fraction of sp³-hybridized carbons (Fsp3) is 0.238. The number of phenols is 1. The van der Waals surface area contributed by atoms with Gasteiger partial charge in [0, 0.05) is 17.0 Å². The minimum Gasteiger partial charge on any atom is -0.507 e. The second-order valence-electron chi connectivity index (χ2n) is 6.62. The molecule has 2 aromatic carbocycles. The molecular weight excluding hydrogens is 376 g/mol. The van der Waals surface area contributed by atoms with Crippen molar-refractivity contribution in [3.05, 3.63) is 52.9 Å². The maximum Gasteiger partial charge on any atom is 0.264 e. The number of phenolic OH excluding ortho intramolecular Hbond substituents is 1. The van der Waals surface area contributed by atoms with Gasteiger partial charge in [-0.3, -0.25) is 10.1 Å². The number of rotatable bonds is 5. The molecule has 2 heterocycles. The van der Waals surface area contributed by atoms with E-state index in [-0.39, 0.29) is 18.3 Å². The molecule has 1 aliphatic heterocycles. The van der Waals surface area contributed by atoms with Gasteiger partial charge in [-0.1, -0.05) is 17.7 Å². The summed E-state index contributed by atoms with van der Waals surface area (Å²) in [6, 6.07) is 11.0. The predicted molar refractivity (Wildman–Crippen MR) is 108 cm³/mol. The Kier molecular flexibility index (Phi) is 5.16. The zero-order valence-electron chi connectivity index (χ0n) is 15.4. The summed E-state index contributed by atoms with van der Waals surface area (Å²) in [5, 5.41) is 15.0. The van der Waals surface area contributed by atoms with Crippen molar-refractivity contribution < 1.29 is 19.4 Å². The Hall–Kier alpha value is -3.06. The van der Waals surface area contributed by atoms with Crippen molar-refractivity contribution in [2.75, 3.05) is 18.5 Å². The first-order chi connectivity index (χ1) is 13.6. The molecule has 2 N–H and O–H groups in total. The topological polar surface area (TPSA) is 80.7 Å². The van der Waals surface area contributed by atoms with Crippen molar-refractivity contribution in [1.29, 1.82) is 0 Å². The van der Waals surface area contributed by atoms with Gasteiger partial charge in [0.05, 0.1) is 12.3 Å². The van der Waals surface area contributed by atoms with Crippen molar-refractivity contribution in [3.8, 4) is 28.5 Å². The number of thiazole rings is 1. The Bertz CT molecular complexity index is 1020. The van der Waals surface area contributed by atoms with Crippen LogP contribution in [0.3, 0.4) is 0 Å². The van der Waals surface area contributed by atoms with Crippen molar-refractivity contribution >= 4 is 22.4 Å². The molecule has 1 aliphatic rings. The second-order valence-corrected chi connectivity index (χ2v) is 7.48. The highest BCUT2D eigenvalue weighted by Gasteiger charge is 2.14. The van der Waals surface area contributed by atoms with Gasteiger partial charge >= 0.3 is 0 Å². The fourth-order valence-electron chi connectivity index (χ4n) is 3.02. The van der Waals surface area contributed by atoms with Gasteiger partial charge in [-0.05, 0) is 43.5 Å². The lowest BCUT2D eigenvalue weighted by atomic mass is 10.1. The number of fused-ring (bicyclic) bond motifs is 1. The van der Waals surface area contributed by atoms with Crippen LogP contribution in [0.5, 0.6) is 17.2 Å². The highest BCUT2D eigenvalue weighted by atomic mass is 32.1. The van der Waals surface area contributed by atoms with Crippen molar-refractivity contribution in [2.45, 2.75) is 19.8 Å². The van der Waals surface area contributed by atoms with E-state index in [4.69, 9.17) is 9.47 Å². The number of carbonyl (C=O) groups excluding carboxylic acids is 1. The van der Waals surface area contributed by atoms with E-state index in [0.29, 0.717) is 28.7 Å². The number of aryl methyl sites for hydroxylation is 2. The maximum absolute atomic E-state index is 12.2. The van der Waals surface area contributed by atoms with Crippen LogP contribution in [0.15, 0.2) is 41.8 Å². The second kappa shape index (κ2) is 7.90. The van der Waals surface area contributed by atoms with Gasteiger partial charge in [0.2, 0.25) is 0 Å². The first kappa shape index (κ1) is 18.3. The Balaban J connectivity index is 1.37. The van der Waals surface area contributed by atoms with E-state index in [1.165, 1.54) is 11.3 Å². The molecule has 0 atom stereocenters. The Morgan fingerprint density at radius 3 is 3.11 bits per heavy atom. The summed E-state index contributed by atoms with van der Waals surface area (Å²) >= 11 is 1.30. The molecule has 3 aromatic rings. The molecule has 6 nitrogen and oxygen atoms in total. The van der Waals surface area contributed by atoms with Gasteiger partial charge in [-0.25, -0.2) is 4.98 Å². The number of aromatic nitrogens is 1. The van der Waals surface area contributed by atoms with Gasteiger partial charge < -0.3 is 14.6 Å². The largest absolute Gasteiger partial charge is 0.507 e. The molecule has 4 rings (SSSR count). The number of nitrogens with zero attached hydrogens (tertiary/aromatic N) is 1. The Morgan fingerprint density at radius 1 is 1.32 bits per heavy atom. The Morgan fingerprint density at radius 2 is 2.21 bits per heavy atom. The van der Waals surface area contributed by atoms with Gasteiger partial charge in [0.1, 0.15) is 17.2 Å². The van der Waals surface area contributed by atoms with Crippen LogP contribution in [0.4, 0.5) is 5.13 Å². The van der Waals surface area contributed by atoms with Crippen LogP contribution in [0, 0.1) is 6.92 Å². The molecule has 0 spiro atoms. The summed E-state index contributed by atoms with van der Waals surface area (Å²) in [7, 11) is 0. The van der Waals surface area contributed by atoms with E-state index in [1.807, 2.05) is 37.3 Å². The first-order valence-corrected chi connectivity index (χ1v) is 9.90. The minimum atomic E-state index is -0.298. The van der Waals surface area contributed by atoms with Crippen LogP contribution in [0.1, 0.15) is 17.5 Å². The van der Waals surface area contributed by atoms with Crippen LogP contribution in [-0.2, 0) is 11.2 Å². The average Bonchev–Trinajstić information content (AvgIpc) is 3.16. The summed E-state index contributed by atoms with van der Waals surface area (Å²) < 4.78 is 11.2. The van der Waals surface area contributed by atoms with Gasteiger partial charge in [-0.15, -0.1) is 11.3 Å². The molecule has 1 aromatic heterocycles. The van der Waals surface area contributed by atoms with Crippen LogP contribution in [0.2, 0.25) is 0 Å². The van der Waals surface area contributed by atoms with Gasteiger partial charge in [0.25, 0.3) is 5.91 Å². The van der Waals surface area contributed by atoms with E-state index >= 15 is 0 Å². The molecule has 0 radical (unpaired) electrons. The van der Waals surface area contributed by atoms with Crippen molar-refractivity contribution in [2.24, 2.45) is 0 Å². The standard InChI is InChI=1S/C21H20N2O4S/c1-13-4-7-18(24)16(9-13)17-12-28-21(22-17)23-20(25)11-27-15-6-5-14-3-2-8-26-19(14)10-15/h4-7,9-10,12,24H,2-3,8,11H2,1H3,(H,22,23,25). The van der Waals surface area contributed by atoms with E-state index in [2.05, 4.69) is 10.3 Å². The SMILES string of the molecule is Cc1ccc(O)c(-c2csc(NC(=O)COc3ccc4c(c3)OCCC4)n2)c1. The third-order valence-electron chi connectivity index (χ3n) is 4.44. The van der Waals surface area contributed by atoms with Crippen LogP contribution in [-0.4, -0.2) is 29.2 Å². The van der Waals surface area contributed by atoms with Crippen LogP contribution < -0.4 is 14.8 Å². The molecule has 1 amide bonds. The van der Waals surface area contributed by atoms with Crippen molar-refractivity contribution in [1.82, 2.24) is 4.98 Å². The number of aromatic hydroxyl groups is 1. The zero-order valence-corrected chi connectivity index (χ0v) is 16.2. The molecule has 0 bridgehead atoms. The molecule has 144 valence electrons. The quantitative estimate of drug-likeness (QED) is 0.677. The first-order valence-electron chi connectivity index (χ1n) is 9.02. The normalized spacial score (nSPS) is 12.8. The fourth-order valence-corrected chi connectivity index (χ4v) is 3.75. The monoisotopic (exact) mass is 396 g/mol. The number of hydrogen-bond acceptors (Lipinski definition) is 6. The van der Waals surface area contributed by atoms with Crippen molar-refractivity contribution in [3.63, 3.8) is 0 Å². The van der Waals surface area contributed by atoms with Crippen LogP contribution in [0.25, 0.3) is 11.3 Å². The van der Waals surface area contributed by atoms with Gasteiger partial charge in [-0.2, -0.15) is 0 Å². The molecule has 0 aliphatic carbocycles. The summed E-state index contributed by atoms with van der Waals surface area (Å²) in [5.41, 5.74) is 3.45. The lowest BCUT2D eigenvalue weighted by Gasteiger charge is -2.17. The number of ether oxygens (including phenoxy) is 2. The number of anilines is 1. The lowest BCUT2D eigenvalue weighted by molar-refractivity contribution is -0.118. The molecule has 0 fully saturated rings. The highest BCUT2D eigenvalue weighted by Crippen LogP contribution is 2.32. The van der Waals surface area contributed by atoms with Gasteiger partial charge in [0.15, 0.2) is 11.7 Å². The summed E-state index contributed by atoms with van der Waals surface area (Å²) in [6.07, 6.45) is 2.02. The third kappa shape index (κ3) is 4.09. The van der Waals surface area contributed by atoms with E-state index < -0.39 is 0 Å². The number of amides is 1. The summed E-state index contributed by atoms with van der Waals surface area (Å²) in [4.78, 5) is 16.6. The zero-order chi connectivity index (χ0) is 19.5. The maximum atomic E-state index is 12.2. The minimum absolute atomic E-state index is 0.122. The highest BCUT2D eigenvalue weighted by molar-refractivity contribution is 7.14. The lowest BCUT2D eigenvalue weighted by Crippen LogP contribution is -2.20. The molecular formula is C21H20N2O4S. The van der Waals surface area contributed by atoms with E-state index in [9.17, 15) is 9.90 Å².